The van der Waals surface area contributed by atoms with E-state index < -0.39 is 0 Å². The number of carbonyl (C=O) groups is 1. The van der Waals surface area contributed by atoms with E-state index in [1.165, 1.54) is 0 Å². The Morgan fingerprint density at radius 3 is 2.62 bits per heavy atom. The largest absolute Gasteiger partial charge is 0.339 e. The van der Waals surface area contributed by atoms with E-state index in [0.717, 1.165) is 5.56 Å². The number of nitrogens with one attached hydrogen (secondary N) is 1. The molecule has 0 aliphatic heterocycles. The molecule has 0 aliphatic rings. The lowest BCUT2D eigenvalue weighted by Gasteiger charge is -2.03. The number of nitrogens with zero attached hydrogens (tertiary/aromatic N) is 2. The zero-order valence-electron chi connectivity index (χ0n) is 12.5. The van der Waals surface area contributed by atoms with Gasteiger partial charge in [-0.05, 0) is 36.4 Å². The fourth-order valence-electron chi connectivity index (χ4n) is 2.08. The molecule has 0 spiro atoms. The van der Waals surface area contributed by atoms with Gasteiger partial charge in [0, 0.05) is 34.1 Å². The number of halogens is 2. The molecule has 0 atom stereocenters. The Hall–Kier alpha value is -2.37. The van der Waals surface area contributed by atoms with Gasteiger partial charge >= 0.3 is 0 Å². The van der Waals surface area contributed by atoms with Gasteiger partial charge in [0.2, 0.25) is 17.6 Å². The zero-order valence-corrected chi connectivity index (χ0v) is 14.0. The summed E-state index contributed by atoms with van der Waals surface area (Å²) in [7, 11) is 0. The third-order valence-electron chi connectivity index (χ3n) is 3.24. The van der Waals surface area contributed by atoms with E-state index in [1.807, 2.05) is 12.1 Å². The number of anilines is 1. The predicted molar refractivity (Wildman–Crippen MR) is 93.1 cm³/mol. The predicted octanol–water partition coefficient (Wildman–Crippen LogP) is 4.61. The molecule has 3 rings (SSSR count). The Kier molecular flexibility index (Phi) is 5.13. The van der Waals surface area contributed by atoms with Crippen LogP contribution in [0, 0.1) is 0 Å². The molecule has 0 saturated heterocycles. The third kappa shape index (κ3) is 4.34. The van der Waals surface area contributed by atoms with Crippen molar-refractivity contribution in [3.8, 4) is 11.4 Å². The molecule has 0 saturated carbocycles. The normalized spacial score (nSPS) is 10.6. The van der Waals surface area contributed by atoms with Crippen LogP contribution < -0.4 is 5.32 Å². The first-order valence-electron chi connectivity index (χ1n) is 7.24. The van der Waals surface area contributed by atoms with Crippen molar-refractivity contribution in [3.05, 3.63) is 64.5 Å². The summed E-state index contributed by atoms with van der Waals surface area (Å²) in [5.41, 5.74) is 1.46. The highest BCUT2D eigenvalue weighted by molar-refractivity contribution is 6.31. The van der Waals surface area contributed by atoms with Gasteiger partial charge in [-0.3, -0.25) is 4.79 Å². The average Bonchev–Trinajstić information content (AvgIpc) is 3.04. The van der Waals surface area contributed by atoms with Crippen LogP contribution in [0.5, 0.6) is 0 Å². The topological polar surface area (TPSA) is 68.0 Å². The van der Waals surface area contributed by atoms with Crippen LogP contribution in [-0.2, 0) is 11.2 Å². The Morgan fingerprint density at radius 1 is 1.08 bits per heavy atom. The Bertz CT molecular complexity index is 847. The van der Waals surface area contributed by atoms with Crippen molar-refractivity contribution in [2.24, 2.45) is 0 Å². The first kappa shape index (κ1) is 16.5. The van der Waals surface area contributed by atoms with Gasteiger partial charge in [-0.25, -0.2) is 0 Å². The van der Waals surface area contributed by atoms with Gasteiger partial charge in [0.05, 0.1) is 0 Å². The van der Waals surface area contributed by atoms with Crippen molar-refractivity contribution < 1.29 is 9.32 Å². The number of amides is 1. The van der Waals surface area contributed by atoms with E-state index in [9.17, 15) is 4.79 Å². The number of carbonyl (C=O) groups excluding carboxylic acids is 1. The van der Waals surface area contributed by atoms with Gasteiger partial charge in [-0.1, -0.05) is 40.5 Å². The van der Waals surface area contributed by atoms with E-state index in [4.69, 9.17) is 27.7 Å². The van der Waals surface area contributed by atoms with Crippen molar-refractivity contribution >= 4 is 34.8 Å². The van der Waals surface area contributed by atoms with Crippen LogP contribution in [0.4, 0.5) is 5.69 Å². The van der Waals surface area contributed by atoms with Crippen molar-refractivity contribution in [3.63, 3.8) is 0 Å². The maximum atomic E-state index is 11.9. The number of hydrogen-bond acceptors (Lipinski definition) is 4. The Morgan fingerprint density at radius 2 is 1.88 bits per heavy atom. The van der Waals surface area contributed by atoms with Gasteiger partial charge in [0.25, 0.3) is 0 Å². The lowest BCUT2D eigenvalue weighted by atomic mass is 10.2. The molecule has 1 aromatic heterocycles. The lowest BCUT2D eigenvalue weighted by Crippen LogP contribution is -2.12. The molecule has 0 aliphatic carbocycles. The second-order valence-corrected chi connectivity index (χ2v) is 5.95. The molecule has 2 aromatic carbocycles. The number of aryl methyl sites for hydroxylation is 1. The number of hydrogen-bond donors (Lipinski definition) is 1. The molecule has 0 unspecified atom stereocenters. The second kappa shape index (κ2) is 7.47. The van der Waals surface area contributed by atoms with E-state index in [-0.39, 0.29) is 12.3 Å². The van der Waals surface area contributed by atoms with Crippen LogP contribution in [0.1, 0.15) is 12.3 Å². The molecule has 24 heavy (non-hydrogen) atoms. The first-order chi connectivity index (χ1) is 11.6. The zero-order chi connectivity index (χ0) is 16.9. The molecular weight excluding hydrogens is 349 g/mol. The minimum Gasteiger partial charge on any atom is -0.339 e. The number of aromatic nitrogens is 2. The standard InChI is InChI=1S/C17H13Cl2N3O2/c18-12-4-6-14(7-5-12)20-15(23)8-9-16-21-17(22-24-16)11-2-1-3-13(19)10-11/h1-7,10H,8-9H2,(H,20,23). The molecule has 1 heterocycles. The van der Waals surface area contributed by atoms with Gasteiger partial charge < -0.3 is 9.84 Å². The molecule has 5 nitrogen and oxygen atoms in total. The molecule has 0 radical (unpaired) electrons. The Labute approximate surface area is 148 Å². The Balaban J connectivity index is 1.57. The summed E-state index contributed by atoms with van der Waals surface area (Å²) in [4.78, 5) is 16.2. The summed E-state index contributed by atoms with van der Waals surface area (Å²) in [5.74, 6) is 0.710. The molecule has 3 aromatic rings. The molecule has 7 heteroatoms. The summed E-state index contributed by atoms with van der Waals surface area (Å²) in [6, 6.07) is 14.1. The highest BCUT2D eigenvalue weighted by atomic mass is 35.5. The minimum absolute atomic E-state index is 0.139. The van der Waals surface area contributed by atoms with Crippen LogP contribution in [0.15, 0.2) is 53.1 Å². The monoisotopic (exact) mass is 361 g/mol. The van der Waals surface area contributed by atoms with Crippen LogP contribution in [0.3, 0.4) is 0 Å². The smallest absolute Gasteiger partial charge is 0.227 e. The number of rotatable bonds is 5. The fraction of sp³-hybridized carbons (Fsp3) is 0.118. The molecule has 1 N–H and O–H groups in total. The second-order valence-electron chi connectivity index (χ2n) is 5.08. The summed E-state index contributed by atoms with van der Waals surface area (Å²) < 4.78 is 5.17. The van der Waals surface area contributed by atoms with E-state index >= 15 is 0 Å². The van der Waals surface area contributed by atoms with Gasteiger partial charge in [-0.15, -0.1) is 0 Å². The summed E-state index contributed by atoms with van der Waals surface area (Å²) in [5, 5.41) is 7.90. The number of benzene rings is 2. The minimum atomic E-state index is -0.139. The highest BCUT2D eigenvalue weighted by Gasteiger charge is 2.11. The molecule has 122 valence electrons. The summed E-state index contributed by atoms with van der Waals surface area (Å²) in [6.07, 6.45) is 0.590. The maximum Gasteiger partial charge on any atom is 0.227 e. The average molecular weight is 362 g/mol. The van der Waals surface area contributed by atoms with E-state index in [2.05, 4.69) is 15.5 Å². The summed E-state index contributed by atoms with van der Waals surface area (Å²) in [6.45, 7) is 0. The maximum absolute atomic E-state index is 11.9. The quantitative estimate of drug-likeness (QED) is 0.719. The molecule has 1 amide bonds. The van der Waals surface area contributed by atoms with Crippen LogP contribution in [0.25, 0.3) is 11.4 Å². The first-order valence-corrected chi connectivity index (χ1v) is 8.00. The van der Waals surface area contributed by atoms with Gasteiger partial charge in [0.1, 0.15) is 0 Å². The van der Waals surface area contributed by atoms with Gasteiger partial charge in [0.15, 0.2) is 0 Å². The molecule has 0 bridgehead atoms. The SMILES string of the molecule is O=C(CCc1nc(-c2cccc(Cl)c2)no1)Nc1ccc(Cl)cc1. The summed E-state index contributed by atoms with van der Waals surface area (Å²) >= 11 is 11.7. The van der Waals surface area contributed by atoms with Crippen LogP contribution >= 0.6 is 23.2 Å². The van der Waals surface area contributed by atoms with Crippen LogP contribution in [-0.4, -0.2) is 16.0 Å². The lowest BCUT2D eigenvalue weighted by molar-refractivity contribution is -0.116. The van der Waals surface area contributed by atoms with Crippen molar-refractivity contribution in [2.75, 3.05) is 5.32 Å². The van der Waals surface area contributed by atoms with Crippen molar-refractivity contribution in [2.45, 2.75) is 12.8 Å². The molecular formula is C17H13Cl2N3O2. The van der Waals surface area contributed by atoms with Gasteiger partial charge in [-0.2, -0.15) is 4.98 Å². The van der Waals surface area contributed by atoms with Crippen LogP contribution in [0.2, 0.25) is 10.0 Å². The van der Waals surface area contributed by atoms with Crippen molar-refractivity contribution in [1.29, 1.82) is 0 Å². The van der Waals surface area contributed by atoms with Crippen molar-refractivity contribution in [1.82, 2.24) is 10.1 Å². The van der Waals surface area contributed by atoms with E-state index in [0.29, 0.717) is 33.9 Å². The molecule has 0 fully saturated rings. The van der Waals surface area contributed by atoms with E-state index in [1.54, 1.807) is 36.4 Å². The fourth-order valence-corrected chi connectivity index (χ4v) is 2.39. The third-order valence-corrected chi connectivity index (χ3v) is 3.73. The highest BCUT2D eigenvalue weighted by Crippen LogP contribution is 2.20.